The van der Waals surface area contributed by atoms with Gasteiger partial charge in [-0.25, -0.2) is 0 Å². The first-order valence-corrected chi connectivity index (χ1v) is 10.9. The second kappa shape index (κ2) is 11.1. The van der Waals surface area contributed by atoms with E-state index in [1.807, 2.05) is 6.92 Å². The van der Waals surface area contributed by atoms with E-state index in [-0.39, 0.29) is 22.8 Å². The van der Waals surface area contributed by atoms with Crippen LogP contribution in [0.15, 0.2) is 42.5 Å². The number of hydrogen-bond donors (Lipinski definition) is 4. The van der Waals surface area contributed by atoms with Crippen LogP contribution in [0, 0.1) is 0 Å². The monoisotopic (exact) mass is 488 g/mol. The molecule has 1 aliphatic heterocycles. The van der Waals surface area contributed by atoms with E-state index in [1.165, 1.54) is 36.4 Å². The summed E-state index contributed by atoms with van der Waals surface area (Å²) in [6.45, 7) is 2.45. The molecule has 4 N–H and O–H groups in total. The van der Waals surface area contributed by atoms with Gasteiger partial charge in [-0.15, -0.1) is 0 Å². The maximum absolute atomic E-state index is 15.4. The third-order valence-electron chi connectivity index (χ3n) is 5.47. The van der Waals surface area contributed by atoms with E-state index < -0.39 is 48.6 Å². The molecule has 1 heterocycles. The minimum absolute atomic E-state index is 0.113. The van der Waals surface area contributed by atoms with E-state index in [0.29, 0.717) is 19.0 Å². The lowest BCUT2D eigenvalue weighted by atomic mass is 9.89. The molecule has 1 fully saturated rings. The maximum atomic E-state index is 15.4. The lowest BCUT2D eigenvalue weighted by Crippen LogP contribution is -2.55. The molecule has 0 spiro atoms. The van der Waals surface area contributed by atoms with Gasteiger partial charge in [0.15, 0.2) is 0 Å². The number of aliphatic hydroxyl groups is 4. The Morgan fingerprint density at radius 1 is 1.00 bits per heavy atom. The predicted molar refractivity (Wildman–Crippen MR) is 116 cm³/mol. The summed E-state index contributed by atoms with van der Waals surface area (Å²) in [7, 11) is 0. The zero-order valence-corrected chi connectivity index (χ0v) is 18.7. The van der Waals surface area contributed by atoms with Gasteiger partial charge >= 0.3 is 0 Å². The van der Waals surface area contributed by atoms with Gasteiger partial charge in [0.25, 0.3) is 5.92 Å². The van der Waals surface area contributed by atoms with Gasteiger partial charge in [-0.2, -0.15) is 8.78 Å². The van der Waals surface area contributed by atoms with E-state index in [1.54, 1.807) is 0 Å². The van der Waals surface area contributed by atoms with Crippen LogP contribution in [0.4, 0.5) is 8.78 Å². The highest BCUT2D eigenvalue weighted by Crippen LogP contribution is 2.42. The molecule has 182 valence electrons. The van der Waals surface area contributed by atoms with Crippen molar-refractivity contribution in [2.75, 3.05) is 26.4 Å². The van der Waals surface area contributed by atoms with E-state index >= 15 is 8.78 Å². The number of hydrogen-bond acceptors (Lipinski definition) is 7. The van der Waals surface area contributed by atoms with E-state index in [2.05, 4.69) is 0 Å². The quantitative estimate of drug-likeness (QED) is 0.401. The third kappa shape index (κ3) is 5.63. The minimum atomic E-state index is -3.49. The van der Waals surface area contributed by atoms with Crippen LogP contribution in [0.5, 0.6) is 5.75 Å². The fourth-order valence-corrected chi connectivity index (χ4v) is 3.85. The number of aliphatic hydroxyl groups excluding tert-OH is 4. The average Bonchev–Trinajstić information content (AvgIpc) is 2.81. The lowest BCUT2D eigenvalue weighted by molar-refractivity contribution is -0.231. The summed E-state index contributed by atoms with van der Waals surface area (Å²) in [6, 6.07) is 9.01. The van der Waals surface area contributed by atoms with Crippen LogP contribution in [-0.2, 0) is 15.4 Å². The predicted octanol–water partition coefficient (Wildman–Crippen LogP) is 2.41. The molecule has 0 radical (unpaired) electrons. The molecule has 0 bridgehead atoms. The summed E-state index contributed by atoms with van der Waals surface area (Å²) >= 11 is 6.09. The zero-order chi connectivity index (χ0) is 24.2. The molecule has 0 unspecified atom stereocenters. The van der Waals surface area contributed by atoms with Crippen LogP contribution >= 0.6 is 11.6 Å². The van der Waals surface area contributed by atoms with Gasteiger partial charge in [-0.05, 0) is 48.9 Å². The topological polar surface area (TPSA) is 109 Å². The molecule has 0 saturated carbocycles. The molecule has 10 heteroatoms. The molecule has 0 aliphatic carbocycles. The van der Waals surface area contributed by atoms with Gasteiger partial charge in [-0.1, -0.05) is 17.7 Å². The molecular formula is C23H27ClF2O7. The first-order valence-electron chi connectivity index (χ1n) is 10.5. The van der Waals surface area contributed by atoms with Crippen LogP contribution in [0.2, 0.25) is 5.02 Å². The van der Waals surface area contributed by atoms with Crippen molar-refractivity contribution in [1.82, 2.24) is 0 Å². The van der Waals surface area contributed by atoms with E-state index in [0.717, 1.165) is 6.07 Å². The second-order valence-electron chi connectivity index (χ2n) is 7.63. The Morgan fingerprint density at radius 2 is 1.70 bits per heavy atom. The Hall–Kier alpha value is -1.85. The Bertz CT molecular complexity index is 910. The van der Waals surface area contributed by atoms with Gasteiger partial charge in [0.05, 0.1) is 18.2 Å². The average molecular weight is 489 g/mol. The van der Waals surface area contributed by atoms with Crippen molar-refractivity contribution in [2.24, 2.45) is 0 Å². The van der Waals surface area contributed by atoms with Crippen molar-refractivity contribution in [2.45, 2.75) is 43.4 Å². The van der Waals surface area contributed by atoms with Crippen LogP contribution in [0.25, 0.3) is 0 Å². The molecule has 1 saturated heterocycles. The van der Waals surface area contributed by atoms with E-state index in [9.17, 15) is 20.4 Å². The first-order chi connectivity index (χ1) is 15.7. The normalized spacial score (nSPS) is 25.8. The zero-order valence-electron chi connectivity index (χ0n) is 17.9. The summed E-state index contributed by atoms with van der Waals surface area (Å²) in [4.78, 5) is 0. The molecule has 2 aromatic carbocycles. The van der Waals surface area contributed by atoms with Gasteiger partial charge in [-0.3, -0.25) is 0 Å². The number of alkyl halides is 2. The van der Waals surface area contributed by atoms with Crippen LogP contribution in [0.1, 0.15) is 29.7 Å². The Labute approximate surface area is 195 Å². The third-order valence-corrected chi connectivity index (χ3v) is 5.80. The highest BCUT2D eigenvalue weighted by Gasteiger charge is 2.45. The first kappa shape index (κ1) is 25.8. The SMILES string of the molecule is CCOCCOc1ccc(C(F)(F)c2cc([C@@H]3O[C@H](CO)[C@@H](O)[C@H](O)[C@H]3O)ccc2Cl)cc1. The number of benzene rings is 2. The van der Waals surface area contributed by atoms with Crippen molar-refractivity contribution < 1.29 is 43.4 Å². The van der Waals surface area contributed by atoms with E-state index in [4.69, 9.17) is 25.8 Å². The summed E-state index contributed by atoms with van der Waals surface area (Å²) in [6.07, 6.45) is -7.20. The molecule has 1 aliphatic rings. The molecule has 7 nitrogen and oxygen atoms in total. The van der Waals surface area contributed by atoms with Crippen molar-refractivity contribution in [3.05, 3.63) is 64.2 Å². The summed E-state index contributed by atoms with van der Waals surface area (Å²) < 4.78 is 46.9. The Balaban J connectivity index is 1.84. The number of rotatable bonds is 9. The van der Waals surface area contributed by atoms with Gasteiger partial charge in [0.1, 0.15) is 42.9 Å². The fourth-order valence-electron chi connectivity index (χ4n) is 3.62. The van der Waals surface area contributed by atoms with Gasteiger partial charge in [0.2, 0.25) is 0 Å². The molecule has 0 aromatic heterocycles. The summed E-state index contributed by atoms with van der Waals surface area (Å²) in [5, 5.41) is 39.5. The lowest BCUT2D eigenvalue weighted by Gasteiger charge is -2.40. The molecule has 0 amide bonds. The number of ether oxygens (including phenoxy) is 3. The highest BCUT2D eigenvalue weighted by molar-refractivity contribution is 6.31. The minimum Gasteiger partial charge on any atom is -0.491 e. The van der Waals surface area contributed by atoms with Crippen LogP contribution in [-0.4, -0.2) is 71.3 Å². The van der Waals surface area contributed by atoms with Crippen LogP contribution in [0.3, 0.4) is 0 Å². The Kier molecular flexibility index (Phi) is 8.63. The summed E-state index contributed by atoms with van der Waals surface area (Å²) in [5.41, 5.74) is -0.738. The highest BCUT2D eigenvalue weighted by atomic mass is 35.5. The largest absolute Gasteiger partial charge is 0.491 e. The Morgan fingerprint density at radius 3 is 2.33 bits per heavy atom. The second-order valence-corrected chi connectivity index (χ2v) is 8.04. The van der Waals surface area contributed by atoms with Crippen LogP contribution < -0.4 is 4.74 Å². The molecule has 5 atom stereocenters. The van der Waals surface area contributed by atoms with Crippen molar-refractivity contribution >= 4 is 11.6 Å². The van der Waals surface area contributed by atoms with Gasteiger partial charge in [0, 0.05) is 17.7 Å². The molecular weight excluding hydrogens is 462 g/mol. The molecule has 33 heavy (non-hydrogen) atoms. The standard InChI is InChI=1S/C23H27ClF2O7/c1-2-31-9-10-32-15-6-4-14(5-7-15)23(25,26)16-11-13(3-8-17(16)24)22-21(30)20(29)19(28)18(12-27)33-22/h3-8,11,18-22,27-30H,2,9-10,12H2,1H3/t18-,19-,20+,21-,22+/m1/s1. The van der Waals surface area contributed by atoms with Gasteiger partial charge < -0.3 is 34.6 Å². The summed E-state index contributed by atoms with van der Waals surface area (Å²) in [5.74, 6) is -3.08. The smallest absolute Gasteiger partial charge is 0.299 e. The number of halogens is 3. The fraction of sp³-hybridized carbons (Fsp3) is 0.478. The van der Waals surface area contributed by atoms with Crippen molar-refractivity contribution in [1.29, 1.82) is 0 Å². The maximum Gasteiger partial charge on any atom is 0.299 e. The van der Waals surface area contributed by atoms with Crippen molar-refractivity contribution in [3.8, 4) is 5.75 Å². The molecule has 2 aromatic rings. The van der Waals surface area contributed by atoms with Crippen molar-refractivity contribution in [3.63, 3.8) is 0 Å². The molecule has 3 rings (SSSR count).